The number of carbonyl (C=O) groups excluding carboxylic acids is 1. The molecule has 1 N–H and O–H groups in total. The van der Waals surface area contributed by atoms with Crippen molar-refractivity contribution in [3.63, 3.8) is 0 Å². The topological polar surface area (TPSA) is 52.9 Å². The standard InChI is InChI=1S/C11H11ClN2O/c1-8-7-9(12)4-5-10(8)14-11(15)3-2-6-13/h4-5,7H,2-3H2,1H3,(H,14,15). The summed E-state index contributed by atoms with van der Waals surface area (Å²) in [7, 11) is 0. The van der Waals surface area contributed by atoms with Gasteiger partial charge in [-0.3, -0.25) is 4.79 Å². The molecule has 0 saturated heterocycles. The Bertz CT molecular complexity index is 410. The summed E-state index contributed by atoms with van der Waals surface area (Å²) in [6.45, 7) is 1.87. The van der Waals surface area contributed by atoms with Crippen LogP contribution in [0.4, 0.5) is 5.69 Å². The second-order valence-corrected chi connectivity index (χ2v) is 3.60. The molecule has 15 heavy (non-hydrogen) atoms. The van der Waals surface area contributed by atoms with Crippen LogP contribution in [0.15, 0.2) is 18.2 Å². The molecule has 0 radical (unpaired) electrons. The Labute approximate surface area is 93.7 Å². The molecule has 1 aromatic rings. The first-order valence-corrected chi connectivity index (χ1v) is 4.94. The van der Waals surface area contributed by atoms with Crippen molar-refractivity contribution in [2.24, 2.45) is 0 Å². The number of rotatable bonds is 3. The summed E-state index contributed by atoms with van der Waals surface area (Å²) < 4.78 is 0. The predicted molar refractivity (Wildman–Crippen MR) is 59.7 cm³/mol. The van der Waals surface area contributed by atoms with Crippen LogP contribution in [0.3, 0.4) is 0 Å². The number of hydrogen-bond donors (Lipinski definition) is 1. The maximum absolute atomic E-state index is 11.3. The van der Waals surface area contributed by atoms with Crippen molar-refractivity contribution in [2.75, 3.05) is 5.32 Å². The largest absolute Gasteiger partial charge is 0.326 e. The van der Waals surface area contributed by atoms with E-state index in [1.165, 1.54) is 0 Å². The fraction of sp³-hybridized carbons (Fsp3) is 0.273. The third kappa shape index (κ3) is 3.61. The van der Waals surface area contributed by atoms with Gasteiger partial charge in [-0.1, -0.05) is 11.6 Å². The van der Waals surface area contributed by atoms with Gasteiger partial charge >= 0.3 is 0 Å². The molecule has 0 unspecified atom stereocenters. The molecule has 3 nitrogen and oxygen atoms in total. The van der Waals surface area contributed by atoms with Gasteiger partial charge in [-0.2, -0.15) is 5.26 Å². The number of nitrogens with one attached hydrogen (secondary N) is 1. The molecular formula is C11H11ClN2O. The minimum Gasteiger partial charge on any atom is -0.326 e. The molecule has 0 heterocycles. The van der Waals surface area contributed by atoms with E-state index >= 15 is 0 Å². The first-order chi connectivity index (χ1) is 7.13. The van der Waals surface area contributed by atoms with Crippen LogP contribution in [0, 0.1) is 18.3 Å². The summed E-state index contributed by atoms with van der Waals surface area (Å²) in [6.07, 6.45) is 0.455. The average molecular weight is 223 g/mol. The van der Waals surface area contributed by atoms with Crippen molar-refractivity contribution in [3.05, 3.63) is 28.8 Å². The summed E-state index contributed by atoms with van der Waals surface area (Å²) in [4.78, 5) is 11.3. The Kier molecular flexibility index (Phi) is 4.14. The minimum absolute atomic E-state index is 0.151. The van der Waals surface area contributed by atoms with Crippen LogP contribution < -0.4 is 5.32 Å². The highest BCUT2D eigenvalue weighted by molar-refractivity contribution is 6.30. The molecule has 4 heteroatoms. The lowest BCUT2D eigenvalue weighted by atomic mass is 10.2. The molecule has 0 aliphatic rings. The number of hydrogen-bond acceptors (Lipinski definition) is 2. The molecule has 1 amide bonds. The number of aryl methyl sites for hydroxylation is 1. The quantitative estimate of drug-likeness (QED) is 0.855. The van der Waals surface area contributed by atoms with Crippen molar-refractivity contribution in [1.82, 2.24) is 0 Å². The number of benzene rings is 1. The highest BCUT2D eigenvalue weighted by Gasteiger charge is 2.04. The summed E-state index contributed by atoms with van der Waals surface area (Å²) in [6, 6.07) is 7.17. The van der Waals surface area contributed by atoms with E-state index in [-0.39, 0.29) is 18.7 Å². The lowest BCUT2D eigenvalue weighted by Gasteiger charge is -2.07. The number of nitrogens with zero attached hydrogens (tertiary/aromatic N) is 1. The van der Waals surface area contributed by atoms with E-state index in [4.69, 9.17) is 16.9 Å². The van der Waals surface area contributed by atoms with Crippen LogP contribution in [-0.4, -0.2) is 5.91 Å². The molecule has 0 bridgehead atoms. The van der Waals surface area contributed by atoms with Crippen molar-refractivity contribution in [2.45, 2.75) is 19.8 Å². The van der Waals surface area contributed by atoms with Gasteiger partial charge in [0.25, 0.3) is 0 Å². The Morgan fingerprint density at radius 3 is 2.93 bits per heavy atom. The van der Waals surface area contributed by atoms with Gasteiger partial charge in [0.15, 0.2) is 0 Å². The number of halogens is 1. The van der Waals surface area contributed by atoms with Gasteiger partial charge in [-0.05, 0) is 30.7 Å². The number of carbonyl (C=O) groups is 1. The molecule has 0 fully saturated rings. The van der Waals surface area contributed by atoms with Gasteiger partial charge in [0, 0.05) is 23.6 Å². The normalized spacial score (nSPS) is 9.40. The van der Waals surface area contributed by atoms with E-state index in [0.29, 0.717) is 5.02 Å². The summed E-state index contributed by atoms with van der Waals surface area (Å²) in [5.41, 5.74) is 1.65. The molecular weight excluding hydrogens is 212 g/mol. The van der Waals surface area contributed by atoms with E-state index < -0.39 is 0 Å². The highest BCUT2D eigenvalue weighted by Crippen LogP contribution is 2.19. The van der Waals surface area contributed by atoms with E-state index in [0.717, 1.165) is 11.3 Å². The van der Waals surface area contributed by atoms with Gasteiger partial charge < -0.3 is 5.32 Å². The molecule has 1 aromatic carbocycles. The van der Waals surface area contributed by atoms with E-state index in [2.05, 4.69) is 5.32 Å². The summed E-state index contributed by atoms with van der Waals surface area (Å²) in [5.74, 6) is -0.151. The maximum atomic E-state index is 11.3. The van der Waals surface area contributed by atoms with Crippen LogP contribution in [-0.2, 0) is 4.79 Å². The molecule has 0 aliphatic carbocycles. The maximum Gasteiger partial charge on any atom is 0.225 e. The number of nitriles is 1. The third-order valence-electron chi connectivity index (χ3n) is 1.93. The monoisotopic (exact) mass is 222 g/mol. The molecule has 0 saturated carbocycles. The van der Waals surface area contributed by atoms with Crippen molar-refractivity contribution < 1.29 is 4.79 Å². The first kappa shape index (κ1) is 11.5. The lowest BCUT2D eigenvalue weighted by molar-refractivity contribution is -0.116. The third-order valence-corrected chi connectivity index (χ3v) is 2.16. The Morgan fingerprint density at radius 2 is 2.33 bits per heavy atom. The summed E-state index contributed by atoms with van der Waals surface area (Å²) in [5, 5.41) is 11.7. The molecule has 0 aromatic heterocycles. The zero-order valence-corrected chi connectivity index (χ0v) is 9.14. The van der Waals surface area contributed by atoms with Crippen LogP contribution in [0.2, 0.25) is 5.02 Å². The smallest absolute Gasteiger partial charge is 0.225 e. The van der Waals surface area contributed by atoms with Crippen molar-refractivity contribution in [3.8, 4) is 6.07 Å². The Hall–Kier alpha value is -1.53. The van der Waals surface area contributed by atoms with Crippen LogP contribution in [0.1, 0.15) is 18.4 Å². The minimum atomic E-state index is -0.151. The van der Waals surface area contributed by atoms with Gasteiger partial charge in [0.1, 0.15) is 0 Å². The summed E-state index contributed by atoms with van der Waals surface area (Å²) >= 11 is 5.78. The lowest BCUT2D eigenvalue weighted by Crippen LogP contribution is -2.11. The van der Waals surface area contributed by atoms with Crippen molar-refractivity contribution in [1.29, 1.82) is 5.26 Å². The predicted octanol–water partition coefficient (Wildman–Crippen LogP) is 2.89. The Balaban J connectivity index is 2.65. The van der Waals surface area contributed by atoms with Gasteiger partial charge in [0.2, 0.25) is 5.91 Å². The van der Waals surface area contributed by atoms with Crippen molar-refractivity contribution >= 4 is 23.2 Å². The van der Waals surface area contributed by atoms with Gasteiger partial charge in [-0.15, -0.1) is 0 Å². The van der Waals surface area contributed by atoms with Gasteiger partial charge in [-0.25, -0.2) is 0 Å². The van der Waals surface area contributed by atoms with Crippen LogP contribution >= 0.6 is 11.6 Å². The number of anilines is 1. The van der Waals surface area contributed by atoms with Crippen LogP contribution in [0.5, 0.6) is 0 Å². The highest BCUT2D eigenvalue weighted by atomic mass is 35.5. The van der Waals surface area contributed by atoms with E-state index in [1.807, 2.05) is 13.0 Å². The fourth-order valence-corrected chi connectivity index (χ4v) is 1.38. The average Bonchev–Trinajstić information content (AvgIpc) is 2.19. The molecule has 1 rings (SSSR count). The van der Waals surface area contributed by atoms with Crippen LogP contribution in [0.25, 0.3) is 0 Å². The first-order valence-electron chi connectivity index (χ1n) is 4.56. The number of amides is 1. The zero-order valence-electron chi connectivity index (χ0n) is 8.38. The molecule has 0 spiro atoms. The molecule has 0 aliphatic heterocycles. The van der Waals surface area contributed by atoms with E-state index in [9.17, 15) is 4.79 Å². The molecule has 0 atom stereocenters. The fourth-order valence-electron chi connectivity index (χ4n) is 1.15. The molecule has 78 valence electrons. The zero-order chi connectivity index (χ0) is 11.3. The second kappa shape index (κ2) is 5.38. The second-order valence-electron chi connectivity index (χ2n) is 3.17. The SMILES string of the molecule is Cc1cc(Cl)ccc1NC(=O)CCC#N. The van der Waals surface area contributed by atoms with Gasteiger partial charge in [0.05, 0.1) is 6.07 Å². The Morgan fingerprint density at radius 1 is 1.60 bits per heavy atom. The van der Waals surface area contributed by atoms with E-state index in [1.54, 1.807) is 18.2 Å².